The molecule has 6 heteroatoms. The molecule has 0 unspecified atom stereocenters. The largest absolute Gasteiger partial charge is 0.348 e. The number of aryl methyl sites for hydroxylation is 1. The average Bonchev–Trinajstić information content (AvgIpc) is 3.09. The Morgan fingerprint density at radius 1 is 1.41 bits per heavy atom. The number of rotatable bonds is 4. The van der Waals surface area contributed by atoms with Gasteiger partial charge >= 0.3 is 0 Å². The highest BCUT2D eigenvalue weighted by Gasteiger charge is 2.17. The summed E-state index contributed by atoms with van der Waals surface area (Å²) in [4.78, 5) is 13.9. The molecular weight excluding hydrogens is 296 g/mol. The molecule has 3 rings (SSSR count). The number of nitrogens with two attached hydrogens (primary N) is 1. The van der Waals surface area contributed by atoms with Crippen LogP contribution in [-0.4, -0.2) is 28.3 Å². The molecule has 0 aliphatic heterocycles. The minimum Gasteiger partial charge on any atom is -0.348 e. The molecule has 0 saturated heterocycles. The van der Waals surface area contributed by atoms with E-state index in [1.165, 1.54) is 11.3 Å². The Morgan fingerprint density at radius 3 is 2.82 bits per heavy atom. The number of para-hydroxylation sites is 1. The predicted octanol–water partition coefficient (Wildman–Crippen LogP) is 2.47. The van der Waals surface area contributed by atoms with Gasteiger partial charge in [0.2, 0.25) is 0 Å². The molecule has 114 valence electrons. The Morgan fingerprint density at radius 2 is 2.14 bits per heavy atom. The smallest absolute Gasteiger partial charge is 0.261 e. The lowest BCUT2D eigenvalue weighted by Gasteiger charge is -2.09. The minimum atomic E-state index is -0.0850. The van der Waals surface area contributed by atoms with Crippen LogP contribution in [0.25, 0.3) is 15.9 Å². The third kappa shape index (κ3) is 2.63. The molecule has 3 N–H and O–H groups in total. The maximum Gasteiger partial charge on any atom is 0.261 e. The first kappa shape index (κ1) is 14.7. The molecule has 2 aromatic heterocycles. The second kappa shape index (κ2) is 5.90. The molecule has 2 heterocycles. The van der Waals surface area contributed by atoms with Crippen LogP contribution in [0.2, 0.25) is 0 Å². The van der Waals surface area contributed by atoms with Gasteiger partial charge in [0.15, 0.2) is 0 Å². The first-order chi connectivity index (χ1) is 10.6. The number of hydrogen-bond acceptors (Lipinski definition) is 4. The lowest BCUT2D eigenvalue weighted by Crippen LogP contribution is -2.37. The van der Waals surface area contributed by atoms with E-state index in [1.807, 2.05) is 54.9 Å². The Kier molecular flexibility index (Phi) is 3.96. The summed E-state index contributed by atoms with van der Waals surface area (Å²) in [5.41, 5.74) is 7.46. The van der Waals surface area contributed by atoms with Crippen molar-refractivity contribution in [3.63, 3.8) is 0 Å². The lowest BCUT2D eigenvalue weighted by atomic mass is 10.3. The summed E-state index contributed by atoms with van der Waals surface area (Å²) in [5, 5.41) is 8.48. The molecule has 0 radical (unpaired) electrons. The molecule has 0 spiro atoms. The van der Waals surface area contributed by atoms with Crippen molar-refractivity contribution >= 4 is 27.5 Å². The SMILES string of the molecule is Cc1nn(-c2ccccc2)c2sc(C(=O)N[C@@H](C)CN)cc12. The monoisotopic (exact) mass is 314 g/mol. The van der Waals surface area contributed by atoms with Gasteiger partial charge in [-0.3, -0.25) is 4.79 Å². The molecule has 1 atom stereocenters. The highest BCUT2D eigenvalue weighted by molar-refractivity contribution is 7.20. The van der Waals surface area contributed by atoms with Crippen LogP contribution >= 0.6 is 11.3 Å². The number of amides is 1. The summed E-state index contributed by atoms with van der Waals surface area (Å²) < 4.78 is 1.89. The number of aromatic nitrogens is 2. The second-order valence-corrected chi connectivity index (χ2v) is 6.30. The van der Waals surface area contributed by atoms with E-state index in [4.69, 9.17) is 5.73 Å². The van der Waals surface area contributed by atoms with Gasteiger partial charge in [0.05, 0.1) is 16.3 Å². The van der Waals surface area contributed by atoms with Gasteiger partial charge in [0, 0.05) is 18.0 Å². The first-order valence-electron chi connectivity index (χ1n) is 7.15. The van der Waals surface area contributed by atoms with Crippen molar-refractivity contribution in [3.05, 3.63) is 47.0 Å². The average molecular weight is 314 g/mol. The van der Waals surface area contributed by atoms with Crippen LogP contribution in [-0.2, 0) is 0 Å². The van der Waals surface area contributed by atoms with E-state index in [9.17, 15) is 4.79 Å². The second-order valence-electron chi connectivity index (χ2n) is 5.27. The Bertz CT molecular complexity index is 806. The maximum atomic E-state index is 12.3. The number of hydrogen-bond donors (Lipinski definition) is 2. The molecule has 1 amide bonds. The predicted molar refractivity (Wildman–Crippen MR) is 89.7 cm³/mol. The van der Waals surface area contributed by atoms with Gasteiger partial charge in [-0.2, -0.15) is 5.10 Å². The van der Waals surface area contributed by atoms with Crippen molar-refractivity contribution in [2.45, 2.75) is 19.9 Å². The quantitative estimate of drug-likeness (QED) is 0.777. The zero-order valence-corrected chi connectivity index (χ0v) is 13.4. The van der Waals surface area contributed by atoms with Crippen molar-refractivity contribution in [2.24, 2.45) is 5.73 Å². The van der Waals surface area contributed by atoms with E-state index < -0.39 is 0 Å². The topological polar surface area (TPSA) is 72.9 Å². The molecule has 0 saturated carbocycles. The number of fused-ring (bicyclic) bond motifs is 1. The van der Waals surface area contributed by atoms with Crippen LogP contribution in [0.3, 0.4) is 0 Å². The third-order valence-corrected chi connectivity index (χ3v) is 4.61. The summed E-state index contributed by atoms with van der Waals surface area (Å²) in [6, 6.07) is 11.8. The molecule has 0 fully saturated rings. The summed E-state index contributed by atoms with van der Waals surface area (Å²) in [5.74, 6) is -0.0850. The van der Waals surface area contributed by atoms with Gasteiger partial charge in [0.1, 0.15) is 4.83 Å². The van der Waals surface area contributed by atoms with Crippen LogP contribution in [0.15, 0.2) is 36.4 Å². The van der Waals surface area contributed by atoms with Gasteiger partial charge in [-0.1, -0.05) is 18.2 Å². The number of benzene rings is 1. The molecule has 1 aromatic carbocycles. The standard InChI is InChI=1S/C16H18N4OS/c1-10(9-17)18-15(21)14-8-13-11(2)19-20(16(13)22-14)12-6-4-3-5-7-12/h3-8,10H,9,17H2,1-2H3,(H,18,21)/t10-/m0/s1. The summed E-state index contributed by atoms with van der Waals surface area (Å²) in [7, 11) is 0. The molecule has 3 aromatic rings. The van der Waals surface area contributed by atoms with Crippen LogP contribution < -0.4 is 11.1 Å². The fraction of sp³-hybridized carbons (Fsp3) is 0.250. The van der Waals surface area contributed by atoms with Crippen molar-refractivity contribution in [1.29, 1.82) is 0 Å². The Hall–Kier alpha value is -2.18. The number of nitrogens with one attached hydrogen (secondary N) is 1. The van der Waals surface area contributed by atoms with E-state index in [0.29, 0.717) is 11.4 Å². The van der Waals surface area contributed by atoms with E-state index in [2.05, 4.69) is 10.4 Å². The first-order valence-corrected chi connectivity index (χ1v) is 7.97. The van der Waals surface area contributed by atoms with Gasteiger partial charge in [-0.25, -0.2) is 4.68 Å². The molecule has 0 aliphatic carbocycles. The fourth-order valence-electron chi connectivity index (χ4n) is 2.26. The Balaban J connectivity index is 2.02. The van der Waals surface area contributed by atoms with Crippen LogP contribution in [0.5, 0.6) is 0 Å². The van der Waals surface area contributed by atoms with E-state index >= 15 is 0 Å². The third-order valence-electron chi connectivity index (χ3n) is 3.50. The van der Waals surface area contributed by atoms with Gasteiger partial charge < -0.3 is 11.1 Å². The van der Waals surface area contributed by atoms with Crippen LogP contribution in [0.1, 0.15) is 22.3 Å². The highest BCUT2D eigenvalue weighted by atomic mass is 32.1. The summed E-state index contributed by atoms with van der Waals surface area (Å²) >= 11 is 1.45. The van der Waals surface area contributed by atoms with Crippen LogP contribution in [0, 0.1) is 6.92 Å². The van der Waals surface area contributed by atoms with E-state index in [0.717, 1.165) is 21.6 Å². The van der Waals surface area contributed by atoms with Crippen molar-refractivity contribution in [1.82, 2.24) is 15.1 Å². The molecule has 0 aliphatic rings. The van der Waals surface area contributed by atoms with Crippen molar-refractivity contribution < 1.29 is 4.79 Å². The summed E-state index contributed by atoms with van der Waals surface area (Å²) in [6.07, 6.45) is 0. The summed E-state index contributed by atoms with van der Waals surface area (Å²) in [6.45, 7) is 4.27. The van der Waals surface area contributed by atoms with E-state index in [1.54, 1.807) is 0 Å². The minimum absolute atomic E-state index is 0.0376. The van der Waals surface area contributed by atoms with Crippen molar-refractivity contribution in [3.8, 4) is 5.69 Å². The number of carbonyl (C=O) groups excluding carboxylic acids is 1. The zero-order valence-electron chi connectivity index (χ0n) is 12.5. The fourth-order valence-corrected chi connectivity index (χ4v) is 3.34. The molecular formula is C16H18N4OS. The van der Waals surface area contributed by atoms with E-state index in [-0.39, 0.29) is 11.9 Å². The molecule has 22 heavy (non-hydrogen) atoms. The highest BCUT2D eigenvalue weighted by Crippen LogP contribution is 2.30. The van der Waals surface area contributed by atoms with Gasteiger partial charge in [0.25, 0.3) is 5.91 Å². The molecule has 5 nitrogen and oxygen atoms in total. The van der Waals surface area contributed by atoms with Crippen LogP contribution in [0.4, 0.5) is 0 Å². The van der Waals surface area contributed by atoms with Crippen molar-refractivity contribution in [2.75, 3.05) is 6.54 Å². The van der Waals surface area contributed by atoms with Gasteiger partial charge in [-0.05, 0) is 32.0 Å². The number of nitrogens with zero attached hydrogens (tertiary/aromatic N) is 2. The normalized spacial score (nSPS) is 12.5. The number of thiophene rings is 1. The maximum absolute atomic E-state index is 12.3. The van der Waals surface area contributed by atoms with Gasteiger partial charge in [-0.15, -0.1) is 11.3 Å². The lowest BCUT2D eigenvalue weighted by molar-refractivity contribution is 0.0945. The Labute approximate surface area is 132 Å². The zero-order chi connectivity index (χ0) is 15.7. The number of carbonyl (C=O) groups is 1. The molecule has 0 bridgehead atoms.